The summed E-state index contributed by atoms with van der Waals surface area (Å²) in [6.45, 7) is 3.68. The Bertz CT molecular complexity index is 1010. The average molecular weight is 545 g/mol. The number of nitrogens with zero attached hydrogens (tertiary/aromatic N) is 3. The maximum atomic E-state index is 12.8. The third-order valence-corrected chi connectivity index (χ3v) is 6.24. The first-order valence-electron chi connectivity index (χ1n) is 7.72. The lowest BCUT2D eigenvalue weighted by Crippen LogP contribution is -2.54. The van der Waals surface area contributed by atoms with E-state index < -0.39 is 15.5 Å². The number of hydrogen-bond acceptors (Lipinski definition) is 7. The monoisotopic (exact) mass is 543 g/mol. The van der Waals surface area contributed by atoms with Gasteiger partial charge in [-0.2, -0.15) is 4.99 Å². The highest BCUT2D eigenvalue weighted by molar-refractivity contribution is 9.10. The van der Waals surface area contributed by atoms with Crippen LogP contribution in [0.2, 0.25) is 0 Å². The van der Waals surface area contributed by atoms with Gasteiger partial charge in [0.25, 0.3) is 0 Å². The molecule has 0 unspecified atom stereocenters. The molecule has 30 heavy (non-hydrogen) atoms. The molecular weight excluding hydrogens is 521 g/mol. The summed E-state index contributed by atoms with van der Waals surface area (Å²) < 4.78 is 26.3. The number of nitrogens with two attached hydrogens (primary N) is 2. The standard InChI is InChI=1S/C17H18BrN5O2S.2ClH.2H2O/c1-17(2)22-15(19)21-16(20)23(17)12-5-9-14(10-6-12)26(24,25)13-7-3-11(18)4-8-13;;;;/h3-10H,1-2H3,(H4,19,20,21,22);2*1H;2*1H2. The summed E-state index contributed by atoms with van der Waals surface area (Å²) in [7, 11) is -3.60. The number of hydrogen-bond donors (Lipinski definition) is 2. The van der Waals surface area contributed by atoms with Crippen molar-refractivity contribution in [3.8, 4) is 0 Å². The van der Waals surface area contributed by atoms with Crippen molar-refractivity contribution in [2.75, 3.05) is 4.90 Å². The fraction of sp³-hybridized carbons (Fsp3) is 0.176. The van der Waals surface area contributed by atoms with Crippen molar-refractivity contribution >= 4 is 68.2 Å². The second-order valence-corrected chi connectivity index (χ2v) is 9.09. The van der Waals surface area contributed by atoms with Crippen LogP contribution >= 0.6 is 40.7 Å². The summed E-state index contributed by atoms with van der Waals surface area (Å²) in [4.78, 5) is 10.4. The molecule has 0 bridgehead atoms. The van der Waals surface area contributed by atoms with E-state index in [-0.39, 0.29) is 57.5 Å². The van der Waals surface area contributed by atoms with E-state index in [1.807, 2.05) is 13.8 Å². The van der Waals surface area contributed by atoms with Crippen molar-refractivity contribution in [2.24, 2.45) is 21.5 Å². The molecule has 168 valence electrons. The summed E-state index contributed by atoms with van der Waals surface area (Å²) in [5, 5.41) is 0. The molecule has 0 aromatic heterocycles. The van der Waals surface area contributed by atoms with Crippen LogP contribution in [-0.4, -0.2) is 37.0 Å². The third kappa shape index (κ3) is 5.84. The van der Waals surface area contributed by atoms with Gasteiger partial charge in [-0.1, -0.05) is 15.9 Å². The molecular formula is C17H24BrCl2N5O4S. The molecule has 0 atom stereocenters. The molecule has 8 N–H and O–H groups in total. The van der Waals surface area contributed by atoms with Gasteiger partial charge in [0.1, 0.15) is 5.66 Å². The normalized spacial score (nSPS) is 14.6. The van der Waals surface area contributed by atoms with Crippen LogP contribution in [0.25, 0.3) is 0 Å². The highest BCUT2D eigenvalue weighted by Crippen LogP contribution is 2.30. The Labute approximate surface area is 195 Å². The largest absolute Gasteiger partial charge is 0.412 e. The lowest BCUT2D eigenvalue weighted by Gasteiger charge is -2.38. The first-order chi connectivity index (χ1) is 12.1. The Morgan fingerprint density at radius 1 is 0.900 bits per heavy atom. The summed E-state index contributed by atoms with van der Waals surface area (Å²) in [5.41, 5.74) is 11.6. The molecule has 3 rings (SSSR count). The Morgan fingerprint density at radius 2 is 1.33 bits per heavy atom. The zero-order valence-corrected chi connectivity index (χ0v) is 20.1. The van der Waals surface area contributed by atoms with Crippen LogP contribution in [0.1, 0.15) is 13.8 Å². The minimum atomic E-state index is -3.60. The van der Waals surface area contributed by atoms with Crippen LogP contribution in [0, 0.1) is 0 Å². The Balaban J connectivity index is 0. The van der Waals surface area contributed by atoms with E-state index in [0.717, 1.165) is 4.47 Å². The van der Waals surface area contributed by atoms with Crippen LogP contribution in [0.15, 0.2) is 72.8 Å². The van der Waals surface area contributed by atoms with Gasteiger partial charge >= 0.3 is 0 Å². The van der Waals surface area contributed by atoms with E-state index in [2.05, 4.69) is 25.9 Å². The molecule has 0 aliphatic carbocycles. The minimum Gasteiger partial charge on any atom is -0.412 e. The van der Waals surface area contributed by atoms with Crippen molar-refractivity contribution in [3.05, 3.63) is 53.0 Å². The first-order valence-corrected chi connectivity index (χ1v) is 9.99. The maximum absolute atomic E-state index is 12.8. The van der Waals surface area contributed by atoms with Crippen LogP contribution in [0.3, 0.4) is 0 Å². The number of anilines is 1. The predicted molar refractivity (Wildman–Crippen MR) is 128 cm³/mol. The molecule has 1 heterocycles. The number of sulfone groups is 1. The zero-order chi connectivity index (χ0) is 19.1. The van der Waals surface area contributed by atoms with Gasteiger partial charge in [-0.05, 0) is 62.4 Å². The van der Waals surface area contributed by atoms with Crippen LogP contribution in [0.5, 0.6) is 0 Å². The quantitative estimate of drug-likeness (QED) is 0.595. The smallest absolute Gasteiger partial charge is 0.220 e. The third-order valence-electron chi connectivity index (χ3n) is 3.92. The molecule has 0 fully saturated rings. The molecule has 1 aliphatic heterocycles. The van der Waals surface area contributed by atoms with E-state index >= 15 is 0 Å². The highest BCUT2D eigenvalue weighted by Gasteiger charge is 2.33. The van der Waals surface area contributed by atoms with Gasteiger partial charge in [-0.25, -0.2) is 13.4 Å². The van der Waals surface area contributed by atoms with E-state index in [4.69, 9.17) is 11.5 Å². The first kappa shape index (κ1) is 30.3. The van der Waals surface area contributed by atoms with Gasteiger partial charge < -0.3 is 22.4 Å². The number of halogens is 3. The molecule has 0 spiro atoms. The second-order valence-electron chi connectivity index (χ2n) is 6.22. The summed E-state index contributed by atoms with van der Waals surface area (Å²) in [6, 6.07) is 12.9. The second kappa shape index (κ2) is 10.9. The van der Waals surface area contributed by atoms with Crippen LogP contribution < -0.4 is 16.4 Å². The van der Waals surface area contributed by atoms with Gasteiger partial charge in [0.15, 0.2) is 0 Å². The Kier molecular flexibility index (Phi) is 11.0. The van der Waals surface area contributed by atoms with Crippen LogP contribution in [0.4, 0.5) is 5.69 Å². The van der Waals surface area contributed by atoms with Crippen molar-refractivity contribution in [1.29, 1.82) is 0 Å². The minimum absolute atomic E-state index is 0. The topological polar surface area (TPSA) is 177 Å². The van der Waals surface area contributed by atoms with Gasteiger partial charge in [0, 0.05) is 10.2 Å². The van der Waals surface area contributed by atoms with Crippen LogP contribution in [-0.2, 0) is 9.84 Å². The highest BCUT2D eigenvalue weighted by atomic mass is 79.9. The van der Waals surface area contributed by atoms with Gasteiger partial charge in [0.2, 0.25) is 21.8 Å². The summed E-state index contributed by atoms with van der Waals surface area (Å²) >= 11 is 3.30. The molecule has 0 amide bonds. The van der Waals surface area contributed by atoms with Crippen molar-refractivity contribution in [2.45, 2.75) is 29.3 Å². The Morgan fingerprint density at radius 3 is 1.77 bits per heavy atom. The van der Waals surface area contributed by atoms with E-state index in [1.54, 1.807) is 41.3 Å². The van der Waals surface area contributed by atoms with Crippen molar-refractivity contribution in [1.82, 2.24) is 0 Å². The van der Waals surface area contributed by atoms with Gasteiger partial charge in [0.05, 0.1) is 9.79 Å². The SMILES string of the molecule is CC1(C)N=C(N)N=C(N)N1c1ccc(S(=O)(=O)c2ccc(Br)cc2)cc1.Cl.Cl.O.O. The average Bonchev–Trinajstić information content (AvgIpc) is 2.54. The van der Waals surface area contributed by atoms with Crippen molar-refractivity contribution < 1.29 is 19.4 Å². The number of aliphatic imine (C=N–C) groups is 2. The summed E-state index contributed by atoms with van der Waals surface area (Å²) in [6.07, 6.45) is 0. The summed E-state index contributed by atoms with van der Waals surface area (Å²) in [5.74, 6) is 0.309. The lowest BCUT2D eigenvalue weighted by atomic mass is 10.1. The van der Waals surface area contributed by atoms with Crippen molar-refractivity contribution in [3.63, 3.8) is 0 Å². The zero-order valence-electron chi connectivity index (χ0n) is 16.0. The predicted octanol–water partition coefficient (Wildman–Crippen LogP) is 1.66. The molecule has 1 aliphatic rings. The molecule has 0 saturated carbocycles. The van der Waals surface area contributed by atoms with E-state index in [9.17, 15) is 8.42 Å². The van der Waals surface area contributed by atoms with Gasteiger partial charge in [-0.3, -0.25) is 4.90 Å². The fourth-order valence-corrected chi connectivity index (χ4v) is 4.30. The molecule has 0 saturated heterocycles. The lowest BCUT2D eigenvalue weighted by molar-refractivity contribution is 0.534. The van der Waals surface area contributed by atoms with E-state index in [0.29, 0.717) is 5.69 Å². The number of guanidine groups is 2. The molecule has 9 nitrogen and oxygen atoms in total. The Hall–Kier alpha value is -1.89. The number of rotatable bonds is 3. The molecule has 0 radical (unpaired) electrons. The molecule has 13 heteroatoms. The fourth-order valence-electron chi connectivity index (χ4n) is 2.78. The van der Waals surface area contributed by atoms with Gasteiger partial charge in [-0.15, -0.1) is 24.8 Å². The maximum Gasteiger partial charge on any atom is 0.220 e. The molecule has 2 aromatic carbocycles. The number of benzene rings is 2. The molecule has 2 aromatic rings. The van der Waals surface area contributed by atoms with E-state index in [1.165, 1.54) is 12.1 Å².